The summed E-state index contributed by atoms with van der Waals surface area (Å²) in [7, 11) is 0. The van der Waals surface area contributed by atoms with Crippen LogP contribution < -0.4 is 10.2 Å². The minimum Gasteiger partial charge on any atom is -0.348 e. The smallest absolute Gasteiger partial charge is 0.251 e. The predicted molar refractivity (Wildman–Crippen MR) is 93.6 cm³/mol. The van der Waals surface area contributed by atoms with E-state index < -0.39 is 0 Å². The highest BCUT2D eigenvalue weighted by molar-refractivity contribution is 5.95. The van der Waals surface area contributed by atoms with E-state index in [1.54, 1.807) is 29.2 Å². The zero-order chi connectivity index (χ0) is 16.9. The van der Waals surface area contributed by atoms with Gasteiger partial charge in [0, 0.05) is 36.3 Å². The van der Waals surface area contributed by atoms with Crippen molar-refractivity contribution in [3.8, 4) is 12.3 Å². The predicted octanol–water partition coefficient (Wildman–Crippen LogP) is 2.72. The lowest BCUT2D eigenvalue weighted by Crippen LogP contribution is -2.24. The van der Waals surface area contributed by atoms with Gasteiger partial charge < -0.3 is 10.2 Å². The van der Waals surface area contributed by atoms with Crippen molar-refractivity contribution in [1.82, 2.24) is 5.32 Å². The number of hydrogen-bond donors (Lipinski definition) is 1. The van der Waals surface area contributed by atoms with E-state index in [-0.39, 0.29) is 11.8 Å². The van der Waals surface area contributed by atoms with Gasteiger partial charge in [-0.3, -0.25) is 9.59 Å². The van der Waals surface area contributed by atoms with E-state index in [9.17, 15) is 9.59 Å². The van der Waals surface area contributed by atoms with Crippen LogP contribution in [0.5, 0.6) is 0 Å². The van der Waals surface area contributed by atoms with Gasteiger partial charge in [-0.05, 0) is 48.4 Å². The Hall–Kier alpha value is -3.06. The molecule has 2 aromatic rings. The Labute approximate surface area is 141 Å². The van der Waals surface area contributed by atoms with Gasteiger partial charge in [-0.1, -0.05) is 18.1 Å². The molecule has 1 heterocycles. The number of carbonyl (C=O) groups is 2. The Balaban J connectivity index is 1.59. The van der Waals surface area contributed by atoms with Crippen LogP contribution in [0.4, 0.5) is 5.69 Å². The second-order valence-corrected chi connectivity index (χ2v) is 5.72. The molecule has 0 radical (unpaired) electrons. The highest BCUT2D eigenvalue weighted by Gasteiger charge is 2.21. The maximum atomic E-state index is 12.1. The van der Waals surface area contributed by atoms with E-state index >= 15 is 0 Å². The molecule has 1 fully saturated rings. The summed E-state index contributed by atoms with van der Waals surface area (Å²) < 4.78 is 0. The molecule has 0 aromatic heterocycles. The molecule has 1 aliphatic rings. The Morgan fingerprint density at radius 2 is 1.83 bits per heavy atom. The third-order valence-electron chi connectivity index (χ3n) is 4.09. The number of terminal acetylenes is 1. The van der Waals surface area contributed by atoms with Gasteiger partial charge in [0.2, 0.25) is 5.91 Å². The van der Waals surface area contributed by atoms with Gasteiger partial charge in [0.05, 0.1) is 0 Å². The normalized spacial score (nSPS) is 13.6. The van der Waals surface area contributed by atoms with Gasteiger partial charge in [-0.15, -0.1) is 6.42 Å². The van der Waals surface area contributed by atoms with Crippen molar-refractivity contribution in [2.45, 2.75) is 19.4 Å². The van der Waals surface area contributed by atoms with E-state index in [1.807, 2.05) is 24.3 Å². The molecule has 2 aromatic carbocycles. The Bertz CT molecular complexity index is 786. The third-order valence-corrected chi connectivity index (χ3v) is 4.09. The molecule has 0 unspecified atom stereocenters. The van der Waals surface area contributed by atoms with E-state index in [0.717, 1.165) is 29.8 Å². The molecule has 3 rings (SSSR count). The number of hydrogen-bond acceptors (Lipinski definition) is 2. The average molecular weight is 318 g/mol. The summed E-state index contributed by atoms with van der Waals surface area (Å²) in [6.45, 7) is 1.21. The zero-order valence-corrected chi connectivity index (χ0v) is 13.3. The molecule has 0 bridgehead atoms. The van der Waals surface area contributed by atoms with Crippen molar-refractivity contribution >= 4 is 17.5 Å². The summed E-state index contributed by atoms with van der Waals surface area (Å²) in [6, 6.07) is 14.6. The monoisotopic (exact) mass is 318 g/mol. The number of benzene rings is 2. The SMILES string of the molecule is C#Cc1ccc(C(=O)NCc2ccc(N3CCCC3=O)cc2)cc1. The number of carbonyl (C=O) groups excluding carboxylic acids is 2. The van der Waals surface area contributed by atoms with Crippen molar-refractivity contribution in [2.24, 2.45) is 0 Å². The second kappa shape index (κ2) is 7.01. The minimum atomic E-state index is -0.141. The molecule has 0 spiro atoms. The fourth-order valence-corrected chi connectivity index (χ4v) is 2.72. The van der Waals surface area contributed by atoms with Crippen LogP contribution in [-0.4, -0.2) is 18.4 Å². The van der Waals surface area contributed by atoms with Crippen molar-refractivity contribution < 1.29 is 9.59 Å². The van der Waals surface area contributed by atoms with E-state index in [4.69, 9.17) is 6.42 Å². The second-order valence-electron chi connectivity index (χ2n) is 5.72. The quantitative estimate of drug-likeness (QED) is 0.881. The van der Waals surface area contributed by atoms with Crippen LogP contribution in [0.15, 0.2) is 48.5 Å². The van der Waals surface area contributed by atoms with Crippen LogP contribution in [0, 0.1) is 12.3 Å². The molecule has 4 nitrogen and oxygen atoms in total. The molecule has 120 valence electrons. The molecule has 4 heteroatoms. The molecular weight excluding hydrogens is 300 g/mol. The largest absolute Gasteiger partial charge is 0.348 e. The van der Waals surface area contributed by atoms with Gasteiger partial charge in [0.1, 0.15) is 0 Å². The molecule has 24 heavy (non-hydrogen) atoms. The van der Waals surface area contributed by atoms with Crippen molar-refractivity contribution in [1.29, 1.82) is 0 Å². The molecule has 1 saturated heterocycles. The van der Waals surface area contributed by atoms with Crippen LogP contribution in [0.25, 0.3) is 0 Å². The standard InChI is InChI=1S/C20H18N2O2/c1-2-15-5-9-17(10-6-15)20(24)21-14-16-7-11-18(12-8-16)22-13-3-4-19(22)23/h1,5-12H,3-4,13-14H2,(H,21,24). The number of nitrogens with one attached hydrogen (secondary N) is 1. The van der Waals surface area contributed by atoms with E-state index in [0.29, 0.717) is 18.5 Å². The third kappa shape index (κ3) is 3.47. The summed E-state index contributed by atoms with van der Waals surface area (Å²) >= 11 is 0. The van der Waals surface area contributed by atoms with Gasteiger partial charge in [0.25, 0.3) is 5.91 Å². The number of amides is 2. The van der Waals surface area contributed by atoms with Crippen molar-refractivity contribution in [3.63, 3.8) is 0 Å². The maximum absolute atomic E-state index is 12.1. The van der Waals surface area contributed by atoms with Gasteiger partial charge in [-0.25, -0.2) is 0 Å². The number of nitrogens with zero attached hydrogens (tertiary/aromatic N) is 1. The Morgan fingerprint density at radius 1 is 1.12 bits per heavy atom. The summed E-state index contributed by atoms with van der Waals surface area (Å²) in [5, 5.41) is 2.88. The van der Waals surface area contributed by atoms with Gasteiger partial charge in [-0.2, -0.15) is 0 Å². The van der Waals surface area contributed by atoms with Gasteiger partial charge in [0.15, 0.2) is 0 Å². The summed E-state index contributed by atoms with van der Waals surface area (Å²) in [6.07, 6.45) is 6.83. The van der Waals surface area contributed by atoms with Crippen molar-refractivity contribution in [3.05, 3.63) is 65.2 Å². The van der Waals surface area contributed by atoms with Crippen LogP contribution in [0.3, 0.4) is 0 Å². The first-order valence-corrected chi connectivity index (χ1v) is 7.91. The molecule has 1 aliphatic heterocycles. The molecule has 0 atom stereocenters. The average Bonchev–Trinajstić information content (AvgIpc) is 3.06. The minimum absolute atomic E-state index is 0.141. The maximum Gasteiger partial charge on any atom is 0.251 e. The van der Waals surface area contributed by atoms with E-state index in [1.165, 1.54) is 0 Å². The summed E-state index contributed by atoms with van der Waals surface area (Å²) in [4.78, 5) is 25.7. The molecule has 0 saturated carbocycles. The molecule has 1 N–H and O–H groups in total. The van der Waals surface area contributed by atoms with Crippen LogP contribution >= 0.6 is 0 Å². The van der Waals surface area contributed by atoms with Crippen LogP contribution in [0.1, 0.15) is 34.3 Å². The van der Waals surface area contributed by atoms with Gasteiger partial charge >= 0.3 is 0 Å². The lowest BCUT2D eigenvalue weighted by molar-refractivity contribution is -0.117. The Morgan fingerprint density at radius 3 is 2.42 bits per heavy atom. The molecule has 2 amide bonds. The van der Waals surface area contributed by atoms with Crippen LogP contribution in [0.2, 0.25) is 0 Å². The zero-order valence-electron chi connectivity index (χ0n) is 13.3. The first-order chi connectivity index (χ1) is 11.7. The molecule has 0 aliphatic carbocycles. The van der Waals surface area contributed by atoms with Crippen molar-refractivity contribution in [2.75, 3.05) is 11.4 Å². The first kappa shape index (κ1) is 15.8. The lowest BCUT2D eigenvalue weighted by Gasteiger charge is -2.16. The topological polar surface area (TPSA) is 49.4 Å². The summed E-state index contributed by atoms with van der Waals surface area (Å²) in [5.74, 6) is 2.55. The first-order valence-electron chi connectivity index (χ1n) is 7.91. The fourth-order valence-electron chi connectivity index (χ4n) is 2.72. The lowest BCUT2D eigenvalue weighted by atomic mass is 10.1. The number of anilines is 1. The summed E-state index contributed by atoms with van der Waals surface area (Å²) in [5.41, 5.74) is 3.23. The highest BCUT2D eigenvalue weighted by atomic mass is 16.2. The van der Waals surface area contributed by atoms with E-state index in [2.05, 4.69) is 11.2 Å². The Kier molecular flexibility index (Phi) is 4.62. The number of rotatable bonds is 4. The fraction of sp³-hybridized carbons (Fsp3) is 0.200. The highest BCUT2D eigenvalue weighted by Crippen LogP contribution is 2.21. The van der Waals surface area contributed by atoms with Crippen LogP contribution in [-0.2, 0) is 11.3 Å². The molecular formula is C20H18N2O2.